The van der Waals surface area contributed by atoms with E-state index in [-0.39, 0.29) is 0 Å². The van der Waals surface area contributed by atoms with Gasteiger partial charge in [-0.15, -0.1) is 0 Å². The molecule has 1 aliphatic rings. The van der Waals surface area contributed by atoms with Crippen LogP contribution in [-0.4, -0.2) is 49.9 Å². The number of rotatable bonds is 7. The van der Waals surface area contributed by atoms with Gasteiger partial charge in [-0.3, -0.25) is 0 Å². The number of benzene rings is 2. The van der Waals surface area contributed by atoms with E-state index < -0.39 is 0 Å². The number of piperidine rings is 1. The Hall–Kier alpha value is -1.62. The van der Waals surface area contributed by atoms with Gasteiger partial charge in [0.05, 0.1) is 6.61 Å². The number of phenols is 1. The molecule has 3 rings (SSSR count). The van der Waals surface area contributed by atoms with Gasteiger partial charge in [-0.1, -0.05) is 18.2 Å². The number of phenolic OH excluding ortho intramolecular Hbond substituents is 1. The van der Waals surface area contributed by atoms with E-state index in [1.54, 1.807) is 13.2 Å². The smallest absolute Gasteiger partial charge is 0.116 e. The molecule has 0 amide bonds. The van der Waals surface area contributed by atoms with Crippen molar-refractivity contribution in [1.82, 2.24) is 10.2 Å². The molecule has 2 N–H and O–H groups in total. The molecule has 4 heteroatoms. The Morgan fingerprint density at radius 1 is 1.21 bits per heavy atom. The third kappa shape index (κ3) is 4.69. The van der Waals surface area contributed by atoms with Crippen molar-refractivity contribution >= 4 is 10.8 Å². The zero-order valence-corrected chi connectivity index (χ0v) is 14.5. The molecule has 0 aromatic heterocycles. The van der Waals surface area contributed by atoms with Crippen molar-refractivity contribution in [3.63, 3.8) is 0 Å². The van der Waals surface area contributed by atoms with Crippen LogP contribution in [0.15, 0.2) is 36.4 Å². The van der Waals surface area contributed by atoms with E-state index in [0.717, 1.165) is 37.5 Å². The van der Waals surface area contributed by atoms with Crippen LogP contribution in [-0.2, 0) is 11.3 Å². The topological polar surface area (TPSA) is 44.7 Å². The number of nitrogens with one attached hydrogen (secondary N) is 1. The molecule has 1 unspecified atom stereocenters. The van der Waals surface area contributed by atoms with Crippen LogP contribution >= 0.6 is 0 Å². The highest BCUT2D eigenvalue weighted by Crippen LogP contribution is 2.21. The van der Waals surface area contributed by atoms with Crippen molar-refractivity contribution in [2.75, 3.05) is 39.9 Å². The molecule has 0 aliphatic carbocycles. The first-order valence-electron chi connectivity index (χ1n) is 8.88. The summed E-state index contributed by atoms with van der Waals surface area (Å²) in [6, 6.07) is 12.0. The summed E-state index contributed by atoms with van der Waals surface area (Å²) in [5.74, 6) is 1.05. The lowest BCUT2D eigenvalue weighted by Crippen LogP contribution is -2.40. The van der Waals surface area contributed by atoms with Crippen molar-refractivity contribution < 1.29 is 9.84 Å². The van der Waals surface area contributed by atoms with Gasteiger partial charge in [-0.05, 0) is 66.4 Å². The number of aromatic hydroxyl groups is 1. The van der Waals surface area contributed by atoms with Gasteiger partial charge < -0.3 is 20.1 Å². The third-order valence-electron chi connectivity index (χ3n) is 4.87. The van der Waals surface area contributed by atoms with E-state index in [1.807, 2.05) is 12.1 Å². The van der Waals surface area contributed by atoms with Gasteiger partial charge in [0.2, 0.25) is 0 Å². The van der Waals surface area contributed by atoms with Gasteiger partial charge >= 0.3 is 0 Å². The van der Waals surface area contributed by atoms with Crippen molar-refractivity contribution in [2.24, 2.45) is 5.92 Å². The van der Waals surface area contributed by atoms with Gasteiger partial charge in [0.1, 0.15) is 5.75 Å². The maximum Gasteiger partial charge on any atom is 0.116 e. The lowest BCUT2D eigenvalue weighted by molar-refractivity contribution is 0.114. The zero-order chi connectivity index (χ0) is 16.8. The largest absolute Gasteiger partial charge is 0.508 e. The van der Waals surface area contributed by atoms with Crippen LogP contribution in [0.4, 0.5) is 0 Å². The SMILES string of the molecule is COCCN1CCCC(CNCc2ccc3cc(O)ccc3c2)C1. The fraction of sp³-hybridized carbons (Fsp3) is 0.500. The summed E-state index contributed by atoms with van der Waals surface area (Å²) in [6.45, 7) is 6.21. The quantitative estimate of drug-likeness (QED) is 0.820. The molecule has 130 valence electrons. The molecule has 1 saturated heterocycles. The predicted molar refractivity (Wildman–Crippen MR) is 98.4 cm³/mol. The Bertz CT molecular complexity index is 659. The van der Waals surface area contributed by atoms with E-state index in [4.69, 9.17) is 4.74 Å². The predicted octanol–water partition coefficient (Wildman–Crippen LogP) is 2.99. The van der Waals surface area contributed by atoms with Gasteiger partial charge in [0.15, 0.2) is 0 Å². The minimum absolute atomic E-state index is 0.323. The first kappa shape index (κ1) is 17.2. The average Bonchev–Trinajstić information content (AvgIpc) is 2.60. The van der Waals surface area contributed by atoms with Gasteiger partial charge in [0, 0.05) is 26.7 Å². The van der Waals surface area contributed by atoms with Gasteiger partial charge in [-0.2, -0.15) is 0 Å². The van der Waals surface area contributed by atoms with Crippen LogP contribution in [0.5, 0.6) is 5.75 Å². The van der Waals surface area contributed by atoms with Crippen LogP contribution in [0.1, 0.15) is 18.4 Å². The number of methoxy groups -OCH3 is 1. The zero-order valence-electron chi connectivity index (χ0n) is 14.5. The number of fused-ring (bicyclic) bond motifs is 1. The molecular formula is C20H28N2O2. The first-order valence-corrected chi connectivity index (χ1v) is 8.88. The van der Waals surface area contributed by atoms with Crippen LogP contribution in [0, 0.1) is 5.92 Å². The maximum absolute atomic E-state index is 9.54. The summed E-state index contributed by atoms with van der Waals surface area (Å²) in [4.78, 5) is 2.52. The lowest BCUT2D eigenvalue weighted by atomic mass is 9.98. The molecule has 1 atom stereocenters. The molecule has 0 bridgehead atoms. The van der Waals surface area contributed by atoms with E-state index in [2.05, 4.69) is 28.4 Å². The molecule has 0 spiro atoms. The molecule has 24 heavy (non-hydrogen) atoms. The van der Waals surface area contributed by atoms with Crippen LogP contribution < -0.4 is 5.32 Å². The second-order valence-electron chi connectivity index (χ2n) is 6.80. The van der Waals surface area contributed by atoms with Crippen LogP contribution in [0.3, 0.4) is 0 Å². The summed E-state index contributed by atoms with van der Waals surface area (Å²) < 4.78 is 5.19. The van der Waals surface area contributed by atoms with Crippen molar-refractivity contribution in [2.45, 2.75) is 19.4 Å². The van der Waals surface area contributed by atoms with Gasteiger partial charge in [0.25, 0.3) is 0 Å². The number of ether oxygens (including phenoxy) is 1. The molecule has 1 heterocycles. The number of likely N-dealkylation sites (tertiary alicyclic amines) is 1. The summed E-state index contributed by atoms with van der Waals surface area (Å²) in [5, 5.41) is 15.4. The number of hydrogen-bond acceptors (Lipinski definition) is 4. The summed E-state index contributed by atoms with van der Waals surface area (Å²) in [5.41, 5.74) is 1.29. The molecule has 1 fully saturated rings. The van der Waals surface area contributed by atoms with Crippen molar-refractivity contribution in [3.8, 4) is 5.75 Å². The number of hydrogen-bond donors (Lipinski definition) is 2. The van der Waals surface area contributed by atoms with E-state index in [1.165, 1.54) is 36.9 Å². The minimum atomic E-state index is 0.323. The third-order valence-corrected chi connectivity index (χ3v) is 4.87. The van der Waals surface area contributed by atoms with Crippen molar-refractivity contribution in [1.29, 1.82) is 0 Å². The standard InChI is InChI=1S/C20H28N2O2/c1-24-10-9-22-8-2-3-17(15-22)14-21-13-16-4-5-19-12-20(23)7-6-18(19)11-16/h4-7,11-12,17,21,23H,2-3,8-10,13-15H2,1H3. The molecule has 0 radical (unpaired) electrons. The fourth-order valence-electron chi connectivity index (χ4n) is 3.55. The second-order valence-corrected chi connectivity index (χ2v) is 6.80. The molecular weight excluding hydrogens is 300 g/mol. The average molecular weight is 328 g/mol. The second kappa shape index (κ2) is 8.47. The highest BCUT2D eigenvalue weighted by Gasteiger charge is 2.19. The number of nitrogens with zero attached hydrogens (tertiary/aromatic N) is 1. The molecule has 1 aliphatic heterocycles. The van der Waals surface area contributed by atoms with Crippen molar-refractivity contribution in [3.05, 3.63) is 42.0 Å². The molecule has 4 nitrogen and oxygen atoms in total. The Kier molecular flexibility index (Phi) is 6.07. The highest BCUT2D eigenvalue weighted by molar-refractivity contribution is 5.84. The summed E-state index contributed by atoms with van der Waals surface area (Å²) >= 11 is 0. The highest BCUT2D eigenvalue weighted by atomic mass is 16.5. The maximum atomic E-state index is 9.54. The molecule has 2 aromatic rings. The van der Waals surface area contributed by atoms with Crippen LogP contribution in [0.2, 0.25) is 0 Å². The Morgan fingerprint density at radius 2 is 2.04 bits per heavy atom. The summed E-state index contributed by atoms with van der Waals surface area (Å²) in [6.07, 6.45) is 2.60. The lowest BCUT2D eigenvalue weighted by Gasteiger charge is -2.32. The monoisotopic (exact) mass is 328 g/mol. The molecule has 0 saturated carbocycles. The first-order chi connectivity index (χ1) is 11.7. The Labute approximate surface area is 144 Å². The van der Waals surface area contributed by atoms with E-state index >= 15 is 0 Å². The summed E-state index contributed by atoms with van der Waals surface area (Å²) in [7, 11) is 1.77. The van der Waals surface area contributed by atoms with Crippen LogP contribution in [0.25, 0.3) is 10.8 Å². The van der Waals surface area contributed by atoms with Gasteiger partial charge in [-0.25, -0.2) is 0 Å². The Morgan fingerprint density at radius 3 is 2.92 bits per heavy atom. The normalized spacial score (nSPS) is 19.0. The fourth-order valence-corrected chi connectivity index (χ4v) is 3.55. The minimum Gasteiger partial charge on any atom is -0.508 e. The van der Waals surface area contributed by atoms with E-state index in [9.17, 15) is 5.11 Å². The molecule has 2 aromatic carbocycles. The Balaban J connectivity index is 1.48. The van der Waals surface area contributed by atoms with E-state index in [0.29, 0.717) is 5.75 Å².